The van der Waals surface area contributed by atoms with Crippen molar-refractivity contribution in [3.63, 3.8) is 0 Å². The Kier molecular flexibility index (Phi) is 3.39. The number of nitrogens with two attached hydrogens (primary N) is 1. The third-order valence-corrected chi connectivity index (χ3v) is 3.46. The van der Waals surface area contributed by atoms with E-state index >= 15 is 0 Å². The highest BCUT2D eigenvalue weighted by atomic mass is 16.5. The van der Waals surface area contributed by atoms with Crippen LogP contribution in [0, 0.1) is 0 Å². The summed E-state index contributed by atoms with van der Waals surface area (Å²) in [4.78, 5) is 14.4. The van der Waals surface area contributed by atoms with E-state index in [1.54, 1.807) is 11.0 Å². The van der Waals surface area contributed by atoms with Crippen molar-refractivity contribution < 1.29 is 14.6 Å². The van der Waals surface area contributed by atoms with Crippen molar-refractivity contribution in [2.45, 2.75) is 6.42 Å². The first-order valence-corrected chi connectivity index (χ1v) is 6.79. The minimum absolute atomic E-state index is 0.0831. The van der Waals surface area contributed by atoms with Crippen molar-refractivity contribution in [1.29, 1.82) is 0 Å². The fourth-order valence-electron chi connectivity index (χ4n) is 2.37. The summed E-state index contributed by atoms with van der Waals surface area (Å²) in [7, 11) is 0. The van der Waals surface area contributed by atoms with Gasteiger partial charge in [-0.05, 0) is 36.8 Å². The molecule has 0 fully saturated rings. The van der Waals surface area contributed by atoms with Gasteiger partial charge in [-0.3, -0.25) is 4.79 Å². The number of hydrogen-bond donors (Lipinski definition) is 2. The minimum Gasteiger partial charge on any atom is -0.506 e. The highest BCUT2D eigenvalue weighted by Gasteiger charge is 2.23. The average Bonchev–Trinajstić information content (AvgIpc) is 2.71. The molecule has 1 heterocycles. The summed E-state index contributed by atoms with van der Waals surface area (Å²) in [5, 5.41) is 9.68. The van der Waals surface area contributed by atoms with Crippen molar-refractivity contribution in [3.05, 3.63) is 48.0 Å². The smallest absolute Gasteiger partial charge is 0.258 e. The molecule has 0 saturated heterocycles. The molecule has 1 aliphatic heterocycles. The second kappa shape index (κ2) is 5.36. The normalized spacial score (nSPS) is 14.0. The van der Waals surface area contributed by atoms with Crippen LogP contribution in [-0.4, -0.2) is 24.2 Å². The minimum atomic E-state index is -0.178. The lowest BCUT2D eigenvalue weighted by Crippen LogP contribution is -2.31. The topological polar surface area (TPSA) is 75.8 Å². The van der Waals surface area contributed by atoms with Crippen LogP contribution in [0.5, 0.6) is 11.5 Å². The summed E-state index contributed by atoms with van der Waals surface area (Å²) < 4.78 is 5.64. The Morgan fingerprint density at radius 2 is 2.05 bits per heavy atom. The highest BCUT2D eigenvalue weighted by molar-refractivity contribution is 6.07. The molecule has 3 N–H and O–H groups in total. The zero-order valence-electron chi connectivity index (χ0n) is 11.5. The van der Waals surface area contributed by atoms with Crippen LogP contribution in [0.4, 0.5) is 11.4 Å². The van der Waals surface area contributed by atoms with E-state index in [2.05, 4.69) is 0 Å². The van der Waals surface area contributed by atoms with Gasteiger partial charge in [0.25, 0.3) is 5.91 Å². The summed E-state index contributed by atoms with van der Waals surface area (Å²) >= 11 is 0. The molecule has 1 amide bonds. The molecule has 0 aromatic heterocycles. The van der Waals surface area contributed by atoms with E-state index < -0.39 is 0 Å². The van der Waals surface area contributed by atoms with E-state index in [4.69, 9.17) is 10.5 Å². The first-order chi connectivity index (χ1) is 10.2. The van der Waals surface area contributed by atoms with Crippen LogP contribution in [-0.2, 0) is 0 Å². The zero-order valence-corrected chi connectivity index (χ0v) is 11.5. The predicted molar refractivity (Wildman–Crippen MR) is 80.7 cm³/mol. The number of carbonyl (C=O) groups excluding carboxylic acids is 1. The average molecular weight is 284 g/mol. The first kappa shape index (κ1) is 13.3. The van der Waals surface area contributed by atoms with Gasteiger partial charge in [-0.1, -0.05) is 12.1 Å². The van der Waals surface area contributed by atoms with E-state index in [1.165, 1.54) is 12.1 Å². The first-order valence-electron chi connectivity index (χ1n) is 6.79. The van der Waals surface area contributed by atoms with Gasteiger partial charge in [0.1, 0.15) is 11.5 Å². The second-order valence-corrected chi connectivity index (χ2v) is 4.90. The Morgan fingerprint density at radius 1 is 1.24 bits per heavy atom. The molecular formula is C16H16N2O3. The van der Waals surface area contributed by atoms with Gasteiger partial charge in [0.15, 0.2) is 0 Å². The summed E-state index contributed by atoms with van der Waals surface area (Å²) in [6, 6.07) is 12.0. The second-order valence-electron chi connectivity index (χ2n) is 4.90. The third-order valence-electron chi connectivity index (χ3n) is 3.46. The van der Waals surface area contributed by atoms with Crippen LogP contribution in [0.15, 0.2) is 42.5 Å². The van der Waals surface area contributed by atoms with Crippen LogP contribution in [0.2, 0.25) is 0 Å². The molecule has 0 aliphatic carbocycles. The molecule has 2 aromatic rings. The van der Waals surface area contributed by atoms with Crippen molar-refractivity contribution in [1.82, 2.24) is 0 Å². The molecule has 0 atom stereocenters. The maximum atomic E-state index is 12.7. The van der Waals surface area contributed by atoms with E-state index in [1.807, 2.05) is 24.3 Å². The highest BCUT2D eigenvalue weighted by Crippen LogP contribution is 2.32. The Bertz CT molecular complexity index is 685. The summed E-state index contributed by atoms with van der Waals surface area (Å²) in [5.41, 5.74) is 6.98. The van der Waals surface area contributed by atoms with Gasteiger partial charge in [0.2, 0.25) is 0 Å². The number of ether oxygens (including phenoxy) is 1. The Morgan fingerprint density at radius 3 is 2.86 bits per heavy atom. The van der Waals surface area contributed by atoms with E-state index in [-0.39, 0.29) is 17.3 Å². The molecule has 0 bridgehead atoms. The van der Waals surface area contributed by atoms with Crippen LogP contribution >= 0.6 is 0 Å². The number of rotatable bonds is 1. The number of nitrogens with zero attached hydrogens (tertiary/aromatic N) is 1. The van der Waals surface area contributed by atoms with E-state index in [9.17, 15) is 9.90 Å². The van der Waals surface area contributed by atoms with Gasteiger partial charge in [-0.15, -0.1) is 0 Å². The number of benzene rings is 2. The fraction of sp³-hybridized carbons (Fsp3) is 0.188. The van der Waals surface area contributed by atoms with Crippen molar-refractivity contribution in [3.8, 4) is 11.5 Å². The fourth-order valence-corrected chi connectivity index (χ4v) is 2.37. The largest absolute Gasteiger partial charge is 0.506 e. The maximum absolute atomic E-state index is 12.7. The zero-order chi connectivity index (χ0) is 14.8. The number of amides is 1. The molecule has 21 heavy (non-hydrogen) atoms. The molecule has 108 valence electrons. The van der Waals surface area contributed by atoms with E-state index in [0.717, 1.165) is 12.1 Å². The predicted octanol–water partition coefficient (Wildman–Crippen LogP) is 2.40. The van der Waals surface area contributed by atoms with Gasteiger partial charge >= 0.3 is 0 Å². The Balaban J connectivity index is 1.99. The van der Waals surface area contributed by atoms with Gasteiger partial charge in [-0.2, -0.15) is 0 Å². The standard InChI is InChI=1S/C16H16N2O3/c17-12-7-6-11(10-14(12)19)16(20)18-8-3-9-21-15-5-2-1-4-13(15)18/h1-2,4-7,10,19H,3,8-9,17H2. The summed E-state index contributed by atoms with van der Waals surface area (Å²) in [6.07, 6.45) is 0.751. The molecular weight excluding hydrogens is 268 g/mol. The number of nitrogen functional groups attached to an aromatic ring is 1. The SMILES string of the molecule is Nc1ccc(C(=O)N2CCCOc3ccccc32)cc1O. The van der Waals surface area contributed by atoms with Crippen LogP contribution in [0.25, 0.3) is 0 Å². The molecule has 0 saturated carbocycles. The third kappa shape index (κ3) is 2.50. The Hall–Kier alpha value is -2.69. The van der Waals surface area contributed by atoms with Gasteiger partial charge < -0.3 is 20.5 Å². The molecule has 2 aromatic carbocycles. The lowest BCUT2D eigenvalue weighted by molar-refractivity contribution is 0.0987. The number of aromatic hydroxyl groups is 1. The van der Waals surface area contributed by atoms with Crippen molar-refractivity contribution in [2.24, 2.45) is 0 Å². The van der Waals surface area contributed by atoms with Crippen LogP contribution in [0.3, 0.4) is 0 Å². The molecule has 0 radical (unpaired) electrons. The van der Waals surface area contributed by atoms with Crippen molar-refractivity contribution in [2.75, 3.05) is 23.8 Å². The lowest BCUT2D eigenvalue weighted by atomic mass is 10.1. The van der Waals surface area contributed by atoms with E-state index in [0.29, 0.717) is 24.5 Å². The van der Waals surface area contributed by atoms with Gasteiger partial charge in [-0.25, -0.2) is 0 Å². The molecule has 0 spiro atoms. The number of anilines is 2. The monoisotopic (exact) mass is 284 g/mol. The number of hydrogen-bond acceptors (Lipinski definition) is 4. The number of phenolic OH excluding ortho intramolecular Hbond substituents is 1. The lowest BCUT2D eigenvalue weighted by Gasteiger charge is -2.22. The quantitative estimate of drug-likeness (QED) is 0.623. The molecule has 3 rings (SSSR count). The molecule has 5 nitrogen and oxygen atoms in total. The number of para-hydroxylation sites is 2. The van der Waals surface area contributed by atoms with Gasteiger partial charge in [0.05, 0.1) is 18.0 Å². The van der Waals surface area contributed by atoms with Crippen LogP contribution in [0.1, 0.15) is 16.8 Å². The summed E-state index contributed by atoms with van der Waals surface area (Å²) in [6.45, 7) is 1.15. The Labute approximate surface area is 122 Å². The summed E-state index contributed by atoms with van der Waals surface area (Å²) in [5.74, 6) is 0.437. The number of carbonyl (C=O) groups is 1. The maximum Gasteiger partial charge on any atom is 0.258 e. The molecule has 1 aliphatic rings. The van der Waals surface area contributed by atoms with Crippen molar-refractivity contribution >= 4 is 17.3 Å². The number of phenols is 1. The van der Waals surface area contributed by atoms with Gasteiger partial charge in [0, 0.05) is 12.1 Å². The molecule has 5 heteroatoms. The van der Waals surface area contributed by atoms with Crippen LogP contribution < -0.4 is 15.4 Å². The number of fused-ring (bicyclic) bond motifs is 1. The molecule has 0 unspecified atom stereocenters.